The second kappa shape index (κ2) is 6.53. The molecule has 1 aromatic carbocycles. The summed E-state index contributed by atoms with van der Waals surface area (Å²) in [5.41, 5.74) is 5.36. The fourth-order valence-electron chi connectivity index (χ4n) is 0.693. The Kier molecular flexibility index (Phi) is 6.42. The van der Waals surface area contributed by atoms with E-state index in [4.69, 9.17) is 5.73 Å². The molecule has 0 saturated heterocycles. The quantitative estimate of drug-likeness (QED) is 0.600. The van der Waals surface area contributed by atoms with Crippen molar-refractivity contribution in [2.45, 2.75) is 4.90 Å². The Bertz CT molecular complexity index is 179. The molecule has 3 heteroatoms. The van der Waals surface area contributed by atoms with Crippen molar-refractivity contribution in [2.24, 2.45) is 5.73 Å². The highest BCUT2D eigenvalue weighted by atomic mass is 35.5. The lowest BCUT2D eigenvalue weighted by molar-refractivity contribution is -0.00000209. The molecule has 0 bridgehead atoms. The van der Waals surface area contributed by atoms with Crippen molar-refractivity contribution < 1.29 is 12.4 Å². The fraction of sp³-hybridized carbons (Fsp3) is 0.250. The molecule has 0 atom stereocenters. The summed E-state index contributed by atoms with van der Waals surface area (Å²) >= 11 is 1.80. The average Bonchev–Trinajstić information content (AvgIpc) is 2.03. The van der Waals surface area contributed by atoms with Crippen LogP contribution in [0.25, 0.3) is 0 Å². The topological polar surface area (TPSA) is 26.0 Å². The van der Waals surface area contributed by atoms with E-state index in [0.717, 1.165) is 12.3 Å². The van der Waals surface area contributed by atoms with E-state index >= 15 is 0 Å². The number of benzene rings is 1. The molecule has 0 aliphatic carbocycles. The predicted octanol–water partition coefficient (Wildman–Crippen LogP) is -1.26. The third-order valence-electron chi connectivity index (χ3n) is 1.13. The summed E-state index contributed by atoms with van der Waals surface area (Å²) in [6.45, 7) is 0.750. The molecule has 0 aromatic heterocycles. The first-order valence-electron chi connectivity index (χ1n) is 3.31. The van der Waals surface area contributed by atoms with Gasteiger partial charge in [0.05, 0.1) is 0 Å². The molecule has 2 N–H and O–H groups in total. The van der Waals surface area contributed by atoms with Gasteiger partial charge in [0.15, 0.2) is 0 Å². The van der Waals surface area contributed by atoms with Crippen LogP contribution in [0.2, 0.25) is 0 Å². The normalized spacial score (nSPS) is 8.82. The lowest BCUT2D eigenvalue weighted by Crippen LogP contribution is -3.00. The minimum Gasteiger partial charge on any atom is -1.00 e. The van der Waals surface area contributed by atoms with Crippen molar-refractivity contribution in [1.29, 1.82) is 0 Å². The van der Waals surface area contributed by atoms with E-state index in [1.807, 2.05) is 18.2 Å². The Balaban J connectivity index is 0.000001000. The van der Waals surface area contributed by atoms with Crippen LogP contribution in [0, 0.1) is 0 Å². The first kappa shape index (κ1) is 10.8. The van der Waals surface area contributed by atoms with Crippen LogP contribution < -0.4 is 18.1 Å². The van der Waals surface area contributed by atoms with E-state index < -0.39 is 0 Å². The van der Waals surface area contributed by atoms with Gasteiger partial charge in [-0.1, -0.05) is 18.2 Å². The summed E-state index contributed by atoms with van der Waals surface area (Å²) in [4.78, 5) is 1.30. The van der Waals surface area contributed by atoms with Gasteiger partial charge in [-0.15, -0.1) is 11.8 Å². The van der Waals surface area contributed by atoms with Crippen molar-refractivity contribution in [2.75, 3.05) is 12.3 Å². The highest BCUT2D eigenvalue weighted by molar-refractivity contribution is 7.99. The summed E-state index contributed by atoms with van der Waals surface area (Å²) in [6.07, 6.45) is 0. The van der Waals surface area contributed by atoms with E-state index in [-0.39, 0.29) is 12.4 Å². The molecule has 0 spiro atoms. The molecule has 0 heterocycles. The zero-order valence-corrected chi connectivity index (χ0v) is 7.74. The van der Waals surface area contributed by atoms with Crippen LogP contribution in [0.15, 0.2) is 35.2 Å². The lowest BCUT2D eigenvalue weighted by Gasteiger charge is -1.96. The SMILES string of the molecule is NCCSc1ccccc1.[Cl-]. The van der Waals surface area contributed by atoms with Gasteiger partial charge in [0, 0.05) is 17.2 Å². The molecule has 62 valence electrons. The zero-order chi connectivity index (χ0) is 7.23. The van der Waals surface area contributed by atoms with Crippen LogP contribution in [0.5, 0.6) is 0 Å². The molecule has 0 saturated carbocycles. The molecule has 0 fully saturated rings. The summed E-state index contributed by atoms with van der Waals surface area (Å²) in [5.74, 6) is 1.00. The second-order valence-corrected chi connectivity index (χ2v) is 3.12. The van der Waals surface area contributed by atoms with Gasteiger partial charge in [0.1, 0.15) is 0 Å². The molecule has 0 aliphatic rings. The monoisotopic (exact) mass is 188 g/mol. The molecule has 0 radical (unpaired) electrons. The fourth-order valence-corrected chi connectivity index (χ4v) is 1.40. The number of hydrogen-bond acceptors (Lipinski definition) is 2. The Morgan fingerprint density at radius 3 is 2.36 bits per heavy atom. The van der Waals surface area contributed by atoms with Crippen LogP contribution in [-0.2, 0) is 0 Å². The van der Waals surface area contributed by atoms with Gasteiger partial charge in [-0.2, -0.15) is 0 Å². The van der Waals surface area contributed by atoms with Gasteiger partial charge >= 0.3 is 0 Å². The Morgan fingerprint density at radius 2 is 1.82 bits per heavy atom. The Hall–Kier alpha value is -0.180. The number of halogens is 1. The van der Waals surface area contributed by atoms with Gasteiger partial charge in [0.2, 0.25) is 0 Å². The van der Waals surface area contributed by atoms with Crippen LogP contribution >= 0.6 is 11.8 Å². The highest BCUT2D eigenvalue weighted by Gasteiger charge is 1.87. The number of nitrogens with two attached hydrogens (primary N) is 1. The van der Waals surface area contributed by atoms with Crippen molar-refractivity contribution >= 4 is 11.8 Å². The minimum absolute atomic E-state index is 0. The minimum atomic E-state index is 0. The van der Waals surface area contributed by atoms with E-state index in [0.29, 0.717) is 0 Å². The van der Waals surface area contributed by atoms with Crippen molar-refractivity contribution in [3.05, 3.63) is 30.3 Å². The van der Waals surface area contributed by atoms with Crippen LogP contribution in [0.3, 0.4) is 0 Å². The van der Waals surface area contributed by atoms with Crippen molar-refractivity contribution in [3.8, 4) is 0 Å². The zero-order valence-electron chi connectivity index (χ0n) is 6.16. The van der Waals surface area contributed by atoms with E-state index in [9.17, 15) is 0 Å². The van der Waals surface area contributed by atoms with Crippen LogP contribution in [0.1, 0.15) is 0 Å². The van der Waals surface area contributed by atoms with Gasteiger partial charge in [0.25, 0.3) is 0 Å². The molecule has 0 aliphatic heterocycles. The van der Waals surface area contributed by atoms with E-state index in [2.05, 4.69) is 12.1 Å². The summed E-state index contributed by atoms with van der Waals surface area (Å²) in [6, 6.07) is 10.3. The second-order valence-electron chi connectivity index (χ2n) is 1.95. The first-order valence-corrected chi connectivity index (χ1v) is 4.30. The van der Waals surface area contributed by atoms with Crippen LogP contribution in [0.4, 0.5) is 0 Å². The molecular weight excluding hydrogens is 178 g/mol. The van der Waals surface area contributed by atoms with Gasteiger partial charge < -0.3 is 18.1 Å². The molecule has 1 rings (SSSR count). The maximum Gasteiger partial charge on any atom is 0.0103 e. The van der Waals surface area contributed by atoms with E-state index in [1.54, 1.807) is 11.8 Å². The highest BCUT2D eigenvalue weighted by Crippen LogP contribution is 2.15. The number of rotatable bonds is 3. The Morgan fingerprint density at radius 1 is 1.18 bits per heavy atom. The molecule has 1 nitrogen and oxygen atoms in total. The van der Waals surface area contributed by atoms with Crippen LogP contribution in [-0.4, -0.2) is 12.3 Å². The van der Waals surface area contributed by atoms with Gasteiger partial charge in [-0.05, 0) is 12.1 Å². The standard InChI is InChI=1S/C8H11NS.ClH/c9-6-7-10-8-4-2-1-3-5-8;/h1-5H,6-7,9H2;1H/p-1. The third kappa shape index (κ3) is 4.30. The van der Waals surface area contributed by atoms with Gasteiger partial charge in [-0.25, -0.2) is 0 Å². The predicted molar refractivity (Wildman–Crippen MR) is 46.2 cm³/mol. The number of hydrogen-bond donors (Lipinski definition) is 1. The Labute approximate surface area is 77.8 Å². The average molecular weight is 189 g/mol. The third-order valence-corrected chi connectivity index (χ3v) is 2.18. The smallest absolute Gasteiger partial charge is 0.0103 e. The number of thioether (sulfide) groups is 1. The molecule has 1 aromatic rings. The van der Waals surface area contributed by atoms with Crippen molar-refractivity contribution in [1.82, 2.24) is 0 Å². The van der Waals surface area contributed by atoms with Gasteiger partial charge in [-0.3, -0.25) is 0 Å². The van der Waals surface area contributed by atoms with Crippen molar-refractivity contribution in [3.63, 3.8) is 0 Å². The molecule has 0 unspecified atom stereocenters. The summed E-state index contributed by atoms with van der Waals surface area (Å²) < 4.78 is 0. The summed E-state index contributed by atoms with van der Waals surface area (Å²) in [5, 5.41) is 0. The lowest BCUT2D eigenvalue weighted by atomic mass is 10.4. The maximum absolute atomic E-state index is 5.36. The molecular formula is C8H11ClNS-. The molecule has 11 heavy (non-hydrogen) atoms. The van der Waals surface area contributed by atoms with E-state index in [1.165, 1.54) is 4.90 Å². The maximum atomic E-state index is 5.36. The largest absolute Gasteiger partial charge is 1.00 e. The summed E-state index contributed by atoms with van der Waals surface area (Å²) in [7, 11) is 0. The molecule has 0 amide bonds. The first-order chi connectivity index (χ1) is 4.93.